The molecule has 1 aliphatic heterocycles. The fraction of sp³-hybridized carbons (Fsp3) is 0.278. The maximum atomic E-state index is 12.3. The largest absolute Gasteiger partial charge is 0.391 e. The minimum Gasteiger partial charge on any atom is -0.391 e. The summed E-state index contributed by atoms with van der Waals surface area (Å²) in [5, 5.41) is 4.02. The predicted molar refractivity (Wildman–Crippen MR) is 94.1 cm³/mol. The molecule has 1 saturated heterocycles. The average Bonchev–Trinajstić information content (AvgIpc) is 2.86. The number of hydrogen-bond acceptors (Lipinski definition) is 4. The van der Waals surface area contributed by atoms with Gasteiger partial charge in [0.05, 0.1) is 11.4 Å². The van der Waals surface area contributed by atoms with Gasteiger partial charge in [-0.05, 0) is 37.6 Å². The molecule has 0 aromatic heterocycles. The number of benzene rings is 1. The lowest BCUT2D eigenvalue weighted by molar-refractivity contribution is -0.116. The summed E-state index contributed by atoms with van der Waals surface area (Å²) in [5.74, 6) is -0.241. The van der Waals surface area contributed by atoms with E-state index in [1.807, 2.05) is 38.1 Å². The van der Waals surface area contributed by atoms with Crippen LogP contribution in [0.2, 0.25) is 0 Å². The predicted octanol–water partition coefficient (Wildman–Crippen LogP) is 2.96. The quantitative estimate of drug-likeness (QED) is 0.254. The number of imide groups is 1. The van der Waals surface area contributed by atoms with Gasteiger partial charge in [-0.15, -0.1) is 6.58 Å². The Balaban J connectivity index is 2.10. The number of carbonyl (C=O) groups is 2. The van der Waals surface area contributed by atoms with E-state index in [1.165, 1.54) is 9.80 Å². The zero-order valence-electron chi connectivity index (χ0n) is 13.9. The standard InChI is InChI=1S/C18H21N3O3/c1-4-6-12-24-19-14(3)15-7-9-16(10-8-15)21-17(22)13-20(11-5-2)18(21)23/h4-10H,2,11-13H2,1,3H3/b6-4+,19-14+. The van der Waals surface area contributed by atoms with E-state index in [1.54, 1.807) is 18.2 Å². The summed E-state index contributed by atoms with van der Waals surface area (Å²) in [7, 11) is 0. The van der Waals surface area contributed by atoms with Crippen LogP contribution in [0.25, 0.3) is 0 Å². The lowest BCUT2D eigenvalue weighted by Gasteiger charge is -2.16. The van der Waals surface area contributed by atoms with Crippen molar-refractivity contribution >= 4 is 23.3 Å². The van der Waals surface area contributed by atoms with Gasteiger partial charge in [-0.2, -0.15) is 0 Å². The Hall–Kier alpha value is -2.89. The van der Waals surface area contributed by atoms with Gasteiger partial charge in [0.2, 0.25) is 0 Å². The molecule has 1 aliphatic rings. The Morgan fingerprint density at radius 3 is 2.67 bits per heavy atom. The van der Waals surface area contributed by atoms with Crippen molar-refractivity contribution in [3.63, 3.8) is 0 Å². The number of hydrogen-bond donors (Lipinski definition) is 0. The zero-order valence-corrected chi connectivity index (χ0v) is 13.9. The molecule has 0 unspecified atom stereocenters. The number of allylic oxidation sites excluding steroid dienone is 1. The molecule has 0 aliphatic carbocycles. The van der Waals surface area contributed by atoms with Crippen molar-refractivity contribution in [3.8, 4) is 0 Å². The minimum atomic E-state index is -0.326. The third kappa shape index (κ3) is 3.90. The van der Waals surface area contributed by atoms with E-state index in [9.17, 15) is 9.59 Å². The van der Waals surface area contributed by atoms with Crippen molar-refractivity contribution in [1.29, 1.82) is 0 Å². The van der Waals surface area contributed by atoms with Crippen LogP contribution >= 0.6 is 0 Å². The molecule has 0 saturated carbocycles. The number of carbonyl (C=O) groups excluding carboxylic acids is 2. The van der Waals surface area contributed by atoms with Crippen molar-refractivity contribution in [2.24, 2.45) is 5.16 Å². The SMILES string of the molecule is C=CCN1CC(=O)N(c2ccc(/C(C)=N/OC/C=C/C)cc2)C1=O. The summed E-state index contributed by atoms with van der Waals surface area (Å²) in [4.78, 5) is 32.1. The number of nitrogens with zero attached hydrogens (tertiary/aromatic N) is 3. The maximum absolute atomic E-state index is 12.3. The molecule has 3 amide bonds. The van der Waals surface area contributed by atoms with E-state index in [2.05, 4.69) is 11.7 Å². The van der Waals surface area contributed by atoms with Gasteiger partial charge in [0.15, 0.2) is 0 Å². The molecule has 2 rings (SSSR count). The van der Waals surface area contributed by atoms with Crippen molar-refractivity contribution in [1.82, 2.24) is 4.90 Å². The topological polar surface area (TPSA) is 62.2 Å². The van der Waals surface area contributed by atoms with Gasteiger partial charge < -0.3 is 9.74 Å². The summed E-state index contributed by atoms with van der Waals surface area (Å²) in [6.45, 7) is 8.19. The molecule has 126 valence electrons. The highest BCUT2D eigenvalue weighted by Gasteiger charge is 2.36. The normalized spacial score (nSPS) is 15.5. The number of urea groups is 1. The van der Waals surface area contributed by atoms with Crippen molar-refractivity contribution in [2.75, 3.05) is 24.6 Å². The minimum absolute atomic E-state index is 0.0753. The van der Waals surface area contributed by atoms with E-state index < -0.39 is 0 Å². The Bertz CT molecular complexity index is 677. The summed E-state index contributed by atoms with van der Waals surface area (Å²) in [6.07, 6.45) is 5.35. The van der Waals surface area contributed by atoms with Crippen LogP contribution in [0.1, 0.15) is 19.4 Å². The van der Waals surface area contributed by atoms with E-state index in [0.29, 0.717) is 18.8 Å². The van der Waals surface area contributed by atoms with Crippen LogP contribution in [0.4, 0.5) is 10.5 Å². The molecule has 6 heteroatoms. The summed E-state index contributed by atoms with van der Waals surface area (Å²) < 4.78 is 0. The summed E-state index contributed by atoms with van der Waals surface area (Å²) in [5.41, 5.74) is 2.13. The fourth-order valence-corrected chi connectivity index (χ4v) is 2.28. The van der Waals surface area contributed by atoms with E-state index in [4.69, 9.17) is 4.84 Å². The maximum Gasteiger partial charge on any atom is 0.332 e. The van der Waals surface area contributed by atoms with E-state index in [-0.39, 0.29) is 18.5 Å². The van der Waals surface area contributed by atoms with Crippen LogP contribution in [-0.2, 0) is 9.63 Å². The first-order valence-electron chi connectivity index (χ1n) is 7.69. The summed E-state index contributed by atoms with van der Waals surface area (Å²) in [6, 6.07) is 6.75. The fourth-order valence-electron chi connectivity index (χ4n) is 2.28. The number of anilines is 1. The van der Waals surface area contributed by atoms with Gasteiger partial charge in [-0.3, -0.25) is 4.79 Å². The average molecular weight is 327 g/mol. The van der Waals surface area contributed by atoms with Crippen LogP contribution < -0.4 is 4.90 Å². The molecule has 0 radical (unpaired) electrons. The van der Waals surface area contributed by atoms with Crippen molar-refractivity contribution in [2.45, 2.75) is 13.8 Å². The molecule has 1 aromatic rings. The van der Waals surface area contributed by atoms with Gasteiger partial charge in [-0.1, -0.05) is 29.4 Å². The monoisotopic (exact) mass is 327 g/mol. The molecule has 0 spiro atoms. The van der Waals surface area contributed by atoms with Gasteiger partial charge in [-0.25, -0.2) is 9.69 Å². The summed E-state index contributed by atoms with van der Waals surface area (Å²) >= 11 is 0. The molecule has 1 fully saturated rings. The Morgan fingerprint density at radius 2 is 2.04 bits per heavy atom. The second-order valence-corrected chi connectivity index (χ2v) is 5.27. The molecule has 1 aromatic carbocycles. The Morgan fingerprint density at radius 1 is 1.33 bits per heavy atom. The first kappa shape index (κ1) is 17.5. The van der Waals surface area contributed by atoms with Crippen molar-refractivity contribution in [3.05, 3.63) is 54.6 Å². The second kappa shape index (κ2) is 8.10. The zero-order chi connectivity index (χ0) is 17.5. The first-order chi connectivity index (χ1) is 11.6. The van der Waals surface area contributed by atoms with E-state index in [0.717, 1.165) is 11.3 Å². The van der Waals surface area contributed by atoms with Crippen LogP contribution in [0, 0.1) is 0 Å². The Labute approximate surface area is 141 Å². The van der Waals surface area contributed by atoms with Gasteiger partial charge in [0.1, 0.15) is 13.2 Å². The van der Waals surface area contributed by atoms with Gasteiger partial charge in [0.25, 0.3) is 5.91 Å². The van der Waals surface area contributed by atoms with Crippen molar-refractivity contribution < 1.29 is 14.4 Å². The molecule has 6 nitrogen and oxygen atoms in total. The van der Waals surface area contributed by atoms with Gasteiger partial charge in [0, 0.05) is 6.54 Å². The third-order valence-corrected chi connectivity index (χ3v) is 3.54. The second-order valence-electron chi connectivity index (χ2n) is 5.27. The highest BCUT2D eigenvalue weighted by molar-refractivity contribution is 6.19. The van der Waals surface area contributed by atoms with Crippen LogP contribution in [0.5, 0.6) is 0 Å². The smallest absolute Gasteiger partial charge is 0.332 e. The van der Waals surface area contributed by atoms with E-state index >= 15 is 0 Å². The molecule has 0 atom stereocenters. The molecule has 1 heterocycles. The lowest BCUT2D eigenvalue weighted by Crippen LogP contribution is -2.33. The van der Waals surface area contributed by atoms with Crippen LogP contribution in [-0.4, -0.2) is 42.2 Å². The highest BCUT2D eigenvalue weighted by atomic mass is 16.6. The lowest BCUT2D eigenvalue weighted by atomic mass is 10.1. The van der Waals surface area contributed by atoms with Gasteiger partial charge >= 0.3 is 6.03 Å². The highest BCUT2D eigenvalue weighted by Crippen LogP contribution is 2.22. The molecular weight excluding hydrogens is 306 g/mol. The van der Waals surface area contributed by atoms with Crippen LogP contribution in [0.15, 0.2) is 54.2 Å². The Kier molecular flexibility index (Phi) is 5.89. The molecular formula is C18H21N3O3. The molecule has 0 N–H and O–H groups in total. The third-order valence-electron chi connectivity index (χ3n) is 3.54. The molecule has 24 heavy (non-hydrogen) atoms. The van der Waals surface area contributed by atoms with Crippen LogP contribution in [0.3, 0.4) is 0 Å². The molecule has 0 bridgehead atoms. The first-order valence-corrected chi connectivity index (χ1v) is 7.69. The number of oxime groups is 1. The number of rotatable bonds is 7. The number of amides is 3.